The zero-order valence-electron chi connectivity index (χ0n) is 11.3. The van der Waals surface area contributed by atoms with Gasteiger partial charge in [0.25, 0.3) is 0 Å². The number of benzene rings is 1. The van der Waals surface area contributed by atoms with Crippen LogP contribution in [0, 0.1) is 13.8 Å². The predicted octanol–water partition coefficient (Wildman–Crippen LogP) is 1.71. The van der Waals surface area contributed by atoms with Crippen molar-refractivity contribution in [2.75, 3.05) is 26.2 Å². The van der Waals surface area contributed by atoms with E-state index in [0.29, 0.717) is 18.0 Å². The van der Waals surface area contributed by atoms with E-state index >= 15 is 0 Å². The summed E-state index contributed by atoms with van der Waals surface area (Å²) < 4.78 is 26.8. The van der Waals surface area contributed by atoms with Crippen LogP contribution in [0.4, 0.5) is 0 Å². The lowest BCUT2D eigenvalue weighted by atomic mass is 10.2. The van der Waals surface area contributed by atoms with Crippen molar-refractivity contribution in [2.45, 2.75) is 25.2 Å². The van der Waals surface area contributed by atoms with Crippen LogP contribution in [-0.2, 0) is 10.0 Å². The third-order valence-corrected chi connectivity index (χ3v) is 5.30. The Morgan fingerprint density at radius 3 is 2.63 bits per heavy atom. The Bertz CT molecular complexity index is 523. The van der Waals surface area contributed by atoms with Gasteiger partial charge in [0.15, 0.2) is 0 Å². The molecule has 0 bridgehead atoms. The van der Waals surface area contributed by atoms with E-state index in [2.05, 4.69) is 5.32 Å². The number of nitrogens with zero attached hydrogens (tertiary/aromatic N) is 1. The molecule has 1 aromatic carbocycles. The summed E-state index contributed by atoms with van der Waals surface area (Å²) in [6, 6.07) is 5.58. The maximum absolute atomic E-state index is 12.6. The van der Waals surface area contributed by atoms with Gasteiger partial charge in [0.2, 0.25) is 10.0 Å². The Balaban J connectivity index is 0.00000180. The minimum atomic E-state index is -3.35. The Morgan fingerprint density at radius 1 is 1.16 bits per heavy atom. The number of rotatable bonds is 2. The van der Waals surface area contributed by atoms with Crippen LogP contribution in [0.25, 0.3) is 0 Å². The molecule has 0 aliphatic carbocycles. The first-order chi connectivity index (χ1) is 8.51. The van der Waals surface area contributed by atoms with Crippen LogP contribution in [0.1, 0.15) is 17.5 Å². The van der Waals surface area contributed by atoms with Crippen LogP contribution in [0.3, 0.4) is 0 Å². The molecule has 6 heteroatoms. The predicted molar refractivity (Wildman–Crippen MR) is 79.4 cm³/mol. The summed E-state index contributed by atoms with van der Waals surface area (Å²) in [5, 5.41) is 3.22. The molecule has 0 aromatic heterocycles. The van der Waals surface area contributed by atoms with Crippen molar-refractivity contribution in [3.8, 4) is 0 Å². The van der Waals surface area contributed by atoms with E-state index in [0.717, 1.165) is 30.6 Å². The monoisotopic (exact) mass is 304 g/mol. The molecule has 0 atom stereocenters. The molecule has 0 saturated carbocycles. The third kappa shape index (κ3) is 3.69. The molecule has 1 fully saturated rings. The zero-order valence-corrected chi connectivity index (χ0v) is 13.0. The summed E-state index contributed by atoms with van der Waals surface area (Å²) >= 11 is 0. The summed E-state index contributed by atoms with van der Waals surface area (Å²) in [5.41, 5.74) is 1.80. The number of halogens is 1. The molecule has 2 rings (SSSR count). The molecule has 1 N–H and O–H groups in total. The molecule has 19 heavy (non-hydrogen) atoms. The Morgan fingerprint density at radius 2 is 1.89 bits per heavy atom. The van der Waals surface area contributed by atoms with Gasteiger partial charge in [-0.25, -0.2) is 8.42 Å². The maximum Gasteiger partial charge on any atom is 0.243 e. The van der Waals surface area contributed by atoms with Crippen LogP contribution in [-0.4, -0.2) is 38.9 Å². The first kappa shape index (κ1) is 16.4. The lowest BCUT2D eigenvalue weighted by Crippen LogP contribution is -2.34. The zero-order chi connectivity index (χ0) is 13.2. The standard InChI is InChI=1S/C13H20N2O2S.ClH/c1-11-4-5-12(2)13(10-11)18(16,17)15-8-3-6-14-7-9-15;/h4-5,10,14H,3,6-9H2,1-2H3;1H. The molecule has 1 heterocycles. The quantitative estimate of drug-likeness (QED) is 0.905. The van der Waals surface area contributed by atoms with Crippen LogP contribution in [0.2, 0.25) is 0 Å². The first-order valence-electron chi connectivity index (χ1n) is 6.30. The van der Waals surface area contributed by atoms with Gasteiger partial charge >= 0.3 is 0 Å². The van der Waals surface area contributed by atoms with Crippen LogP contribution in [0.5, 0.6) is 0 Å². The highest BCUT2D eigenvalue weighted by molar-refractivity contribution is 7.89. The summed E-state index contributed by atoms with van der Waals surface area (Å²) in [6.07, 6.45) is 0.865. The highest BCUT2D eigenvalue weighted by Crippen LogP contribution is 2.21. The Labute approximate surface area is 121 Å². The van der Waals surface area contributed by atoms with Crippen molar-refractivity contribution in [1.82, 2.24) is 9.62 Å². The van der Waals surface area contributed by atoms with Gasteiger partial charge in [-0.1, -0.05) is 12.1 Å². The van der Waals surface area contributed by atoms with Gasteiger partial charge in [0.1, 0.15) is 0 Å². The SMILES string of the molecule is Cc1ccc(C)c(S(=O)(=O)N2CCCNCC2)c1.Cl. The number of sulfonamides is 1. The fraction of sp³-hybridized carbons (Fsp3) is 0.538. The molecule has 4 nitrogen and oxygen atoms in total. The Hall–Kier alpha value is -0.620. The second-order valence-electron chi connectivity index (χ2n) is 4.78. The van der Waals surface area contributed by atoms with Crippen molar-refractivity contribution in [2.24, 2.45) is 0 Å². The van der Waals surface area contributed by atoms with E-state index in [9.17, 15) is 8.42 Å². The second kappa shape index (κ2) is 6.70. The number of hydrogen-bond donors (Lipinski definition) is 1. The second-order valence-corrected chi connectivity index (χ2v) is 6.68. The maximum atomic E-state index is 12.6. The Kier molecular flexibility index (Phi) is 5.80. The highest BCUT2D eigenvalue weighted by Gasteiger charge is 2.26. The molecule has 108 valence electrons. The molecule has 1 saturated heterocycles. The molecule has 1 aliphatic heterocycles. The first-order valence-corrected chi connectivity index (χ1v) is 7.74. The van der Waals surface area contributed by atoms with Crippen molar-refractivity contribution >= 4 is 22.4 Å². The van der Waals surface area contributed by atoms with Gasteiger partial charge in [-0.05, 0) is 44.0 Å². The van der Waals surface area contributed by atoms with Crippen molar-refractivity contribution in [3.63, 3.8) is 0 Å². The van der Waals surface area contributed by atoms with Gasteiger partial charge in [0.05, 0.1) is 4.90 Å². The normalized spacial score (nSPS) is 17.6. The summed E-state index contributed by atoms with van der Waals surface area (Å²) in [7, 11) is -3.35. The van der Waals surface area contributed by atoms with E-state index in [1.165, 1.54) is 0 Å². The van der Waals surface area contributed by atoms with Crippen LogP contribution < -0.4 is 5.32 Å². The van der Waals surface area contributed by atoms with Gasteiger partial charge in [-0.3, -0.25) is 0 Å². The van der Waals surface area contributed by atoms with Gasteiger partial charge in [-0.2, -0.15) is 4.31 Å². The minimum Gasteiger partial charge on any atom is -0.315 e. The van der Waals surface area contributed by atoms with E-state index in [1.807, 2.05) is 26.0 Å². The molecular formula is C13H21ClN2O2S. The van der Waals surface area contributed by atoms with Gasteiger partial charge in [-0.15, -0.1) is 12.4 Å². The van der Waals surface area contributed by atoms with Crippen LogP contribution in [0.15, 0.2) is 23.1 Å². The van der Waals surface area contributed by atoms with E-state index in [4.69, 9.17) is 0 Å². The highest BCUT2D eigenvalue weighted by atomic mass is 35.5. The van der Waals surface area contributed by atoms with Gasteiger partial charge in [0, 0.05) is 19.6 Å². The third-order valence-electron chi connectivity index (χ3n) is 3.26. The molecular weight excluding hydrogens is 284 g/mol. The lowest BCUT2D eigenvalue weighted by Gasteiger charge is -2.21. The molecule has 0 radical (unpaired) electrons. The van der Waals surface area contributed by atoms with Crippen molar-refractivity contribution in [1.29, 1.82) is 0 Å². The number of nitrogens with one attached hydrogen (secondary N) is 1. The minimum absolute atomic E-state index is 0. The molecule has 0 amide bonds. The fourth-order valence-electron chi connectivity index (χ4n) is 2.19. The molecule has 1 aromatic rings. The number of aryl methyl sites for hydroxylation is 2. The summed E-state index contributed by atoms with van der Waals surface area (Å²) in [5.74, 6) is 0. The van der Waals surface area contributed by atoms with E-state index in [1.54, 1.807) is 10.4 Å². The molecule has 1 aliphatic rings. The molecule has 0 spiro atoms. The summed E-state index contributed by atoms with van der Waals surface area (Å²) in [6.45, 7) is 6.53. The van der Waals surface area contributed by atoms with E-state index < -0.39 is 10.0 Å². The number of hydrogen-bond acceptors (Lipinski definition) is 3. The lowest BCUT2D eigenvalue weighted by molar-refractivity contribution is 0.431. The van der Waals surface area contributed by atoms with Crippen molar-refractivity contribution in [3.05, 3.63) is 29.3 Å². The smallest absolute Gasteiger partial charge is 0.243 e. The van der Waals surface area contributed by atoms with Gasteiger partial charge < -0.3 is 5.32 Å². The topological polar surface area (TPSA) is 49.4 Å². The summed E-state index contributed by atoms with van der Waals surface area (Å²) in [4.78, 5) is 0.449. The van der Waals surface area contributed by atoms with E-state index in [-0.39, 0.29) is 12.4 Å². The molecule has 0 unspecified atom stereocenters. The average Bonchev–Trinajstić information content (AvgIpc) is 2.61. The van der Waals surface area contributed by atoms with Crippen molar-refractivity contribution < 1.29 is 8.42 Å². The fourth-order valence-corrected chi connectivity index (χ4v) is 3.97. The van der Waals surface area contributed by atoms with Crippen LogP contribution >= 0.6 is 12.4 Å². The largest absolute Gasteiger partial charge is 0.315 e. The average molecular weight is 305 g/mol.